The third-order valence-corrected chi connectivity index (χ3v) is 14.8. The number of fused-ring (bicyclic) bond motifs is 9. The highest BCUT2D eigenvalue weighted by Crippen LogP contribution is 2.65. The normalized spacial score (nSPS) is 42.0. The molecule has 1 N–H and O–H groups in total. The van der Waals surface area contributed by atoms with Crippen LogP contribution in [-0.4, -0.2) is 24.9 Å². The van der Waals surface area contributed by atoms with Gasteiger partial charge < -0.3 is 14.6 Å². The monoisotopic (exact) mass is 608 g/mol. The number of ether oxygens (including phenoxy) is 2. The molecule has 4 saturated carbocycles. The zero-order valence-electron chi connectivity index (χ0n) is 28.6. The second kappa shape index (κ2) is 11.7. The van der Waals surface area contributed by atoms with Crippen LogP contribution in [0.5, 0.6) is 5.75 Å². The van der Waals surface area contributed by atoms with Gasteiger partial charge in [0.05, 0.1) is 20.0 Å². The number of rotatable bonds is 2. The summed E-state index contributed by atoms with van der Waals surface area (Å²) in [6, 6.07) is 6.59. The molecule has 0 heterocycles. The summed E-state index contributed by atoms with van der Waals surface area (Å²) in [6.45, 7) is 7.07. The molecule has 0 bridgehead atoms. The maximum Gasteiger partial charge on any atom is 0.130 e. The van der Waals surface area contributed by atoms with E-state index >= 15 is 0 Å². The molecule has 242 valence electrons. The minimum Gasteiger partial charge on any atom is -0.501 e. The van der Waals surface area contributed by atoms with Gasteiger partial charge >= 0.3 is 0 Å². The van der Waals surface area contributed by atoms with Gasteiger partial charge in [0.25, 0.3) is 0 Å². The van der Waals surface area contributed by atoms with Gasteiger partial charge in [0.1, 0.15) is 11.4 Å². The van der Waals surface area contributed by atoms with Crippen LogP contribution in [0.15, 0.2) is 52.8 Å². The molecule has 3 nitrogen and oxygen atoms in total. The minimum atomic E-state index is -0.900. The maximum atomic E-state index is 11.0. The van der Waals surface area contributed by atoms with Gasteiger partial charge in [0.2, 0.25) is 0 Å². The first-order valence-corrected chi connectivity index (χ1v) is 18.2. The van der Waals surface area contributed by atoms with Crippen molar-refractivity contribution in [3.05, 3.63) is 64.0 Å². The van der Waals surface area contributed by atoms with Crippen molar-refractivity contribution in [2.24, 2.45) is 40.4 Å². The van der Waals surface area contributed by atoms with Gasteiger partial charge in [-0.25, -0.2) is 0 Å². The van der Waals surface area contributed by atoms with E-state index in [0.29, 0.717) is 23.2 Å². The Bertz CT molecular complexity index is 1460. The molecule has 0 aliphatic heterocycles. The van der Waals surface area contributed by atoms with Gasteiger partial charge in [-0.15, -0.1) is 6.42 Å². The van der Waals surface area contributed by atoms with Gasteiger partial charge in [-0.3, -0.25) is 0 Å². The molecule has 45 heavy (non-hydrogen) atoms. The third kappa shape index (κ3) is 4.79. The van der Waals surface area contributed by atoms with E-state index in [1.165, 1.54) is 68.3 Å². The minimum absolute atomic E-state index is 0.104. The molecule has 0 radical (unpaired) electrons. The average molecular weight is 609 g/mol. The van der Waals surface area contributed by atoms with Crippen molar-refractivity contribution >= 4 is 0 Å². The van der Waals surface area contributed by atoms with E-state index in [9.17, 15) is 5.11 Å². The topological polar surface area (TPSA) is 38.7 Å². The molecule has 0 aromatic heterocycles. The number of benzene rings is 1. The van der Waals surface area contributed by atoms with Crippen molar-refractivity contribution in [1.82, 2.24) is 0 Å². The number of aryl methyl sites for hydroxylation is 1. The highest BCUT2D eigenvalue weighted by Gasteiger charge is 2.61. The standard InChI is InChI=1S/C21H26O2.C21H30O/c1-4-21(22)12-10-19-18-7-5-14-13-15(23-3)6-8-16(14)17(18)9-11-20(19,21)2;1-4-15-6-10-20-19-8-5-14-13-16(22-3)7-9-17(14)18(19)11-12-21(15,20)2/h1,6,8,13,17-19,22H,5,7,9-12H2,2-3H3;4,7,18-20H,5-6,8-13H2,1-3H3/b;15-4-/t17?,18?,19?,20-,21-;18?,19?,20?,21-/m01/s1. The predicted octanol–water partition coefficient (Wildman–Crippen LogP) is 9.71. The Kier molecular flexibility index (Phi) is 8.08. The van der Waals surface area contributed by atoms with Gasteiger partial charge in [-0.1, -0.05) is 48.6 Å². The fraction of sp³-hybridized carbons (Fsp3) is 0.667. The number of hydrogen-bond donors (Lipinski definition) is 1. The highest BCUT2D eigenvalue weighted by atomic mass is 16.5. The molecule has 0 saturated heterocycles. The molecule has 9 atom stereocenters. The predicted molar refractivity (Wildman–Crippen MR) is 183 cm³/mol. The number of terminal acetylenes is 1. The van der Waals surface area contributed by atoms with E-state index in [1.54, 1.807) is 18.3 Å². The van der Waals surface area contributed by atoms with Crippen LogP contribution in [-0.2, 0) is 11.2 Å². The second-order valence-corrected chi connectivity index (χ2v) is 16.1. The van der Waals surface area contributed by atoms with Gasteiger partial charge in [-0.05, 0) is 161 Å². The fourth-order valence-corrected chi connectivity index (χ4v) is 12.3. The summed E-state index contributed by atoms with van der Waals surface area (Å²) in [4.78, 5) is 0. The van der Waals surface area contributed by atoms with Crippen LogP contribution in [0.3, 0.4) is 0 Å². The lowest BCUT2D eigenvalue weighted by Crippen LogP contribution is -2.50. The van der Waals surface area contributed by atoms with Gasteiger partial charge in [0.15, 0.2) is 0 Å². The largest absolute Gasteiger partial charge is 0.501 e. The van der Waals surface area contributed by atoms with Crippen molar-refractivity contribution in [2.75, 3.05) is 14.2 Å². The molecule has 1 aromatic carbocycles. The van der Waals surface area contributed by atoms with Crippen LogP contribution in [0.2, 0.25) is 0 Å². The number of hydrogen-bond acceptors (Lipinski definition) is 3. The van der Waals surface area contributed by atoms with Crippen molar-refractivity contribution in [1.29, 1.82) is 0 Å². The quantitative estimate of drug-likeness (QED) is 0.268. The van der Waals surface area contributed by atoms with E-state index in [2.05, 4.69) is 57.0 Å². The van der Waals surface area contributed by atoms with Crippen molar-refractivity contribution in [2.45, 2.75) is 122 Å². The molecule has 8 rings (SSSR count). The zero-order chi connectivity index (χ0) is 31.6. The molecule has 6 unspecified atom stereocenters. The molecule has 4 fully saturated rings. The molecule has 0 amide bonds. The van der Waals surface area contributed by atoms with E-state index in [-0.39, 0.29) is 5.41 Å². The summed E-state index contributed by atoms with van der Waals surface area (Å²) in [5, 5.41) is 11.0. The highest BCUT2D eigenvalue weighted by molar-refractivity contribution is 5.41. The Labute approximate surface area is 272 Å². The molecular weight excluding hydrogens is 552 g/mol. The Morgan fingerprint density at radius 3 is 2.42 bits per heavy atom. The Morgan fingerprint density at radius 1 is 0.889 bits per heavy atom. The molecule has 3 heteroatoms. The third-order valence-electron chi connectivity index (χ3n) is 14.8. The lowest BCUT2D eigenvalue weighted by atomic mass is 9.53. The van der Waals surface area contributed by atoms with Gasteiger partial charge in [0, 0.05) is 11.8 Å². The van der Waals surface area contributed by atoms with Crippen LogP contribution in [0.4, 0.5) is 0 Å². The maximum absolute atomic E-state index is 11.0. The van der Waals surface area contributed by atoms with E-state index in [0.717, 1.165) is 62.0 Å². The first-order valence-electron chi connectivity index (χ1n) is 18.2. The fourth-order valence-electron chi connectivity index (χ4n) is 12.3. The lowest BCUT2D eigenvalue weighted by molar-refractivity contribution is -0.0646. The SMILES string of the molecule is C#C[C@]1(O)CCC2C3CCc4cc(OC)ccc4C3CC[C@@]21C.C/C=C1/CCC2C3CCC4=C(CC=C(OC)C4)C3CC[C@]12C. The molecular formula is C42H56O3. The van der Waals surface area contributed by atoms with Crippen molar-refractivity contribution in [3.63, 3.8) is 0 Å². The van der Waals surface area contributed by atoms with E-state index < -0.39 is 5.60 Å². The molecule has 0 spiro atoms. The molecule has 7 aliphatic rings. The first-order chi connectivity index (χ1) is 21.7. The summed E-state index contributed by atoms with van der Waals surface area (Å²) in [6.07, 6.45) is 27.5. The summed E-state index contributed by atoms with van der Waals surface area (Å²) in [5.41, 5.74) is 7.80. The summed E-state index contributed by atoms with van der Waals surface area (Å²) in [5.74, 6) is 9.54. The zero-order valence-corrected chi connectivity index (χ0v) is 28.6. The summed E-state index contributed by atoms with van der Waals surface area (Å²) in [7, 11) is 3.56. The Morgan fingerprint density at radius 2 is 1.67 bits per heavy atom. The summed E-state index contributed by atoms with van der Waals surface area (Å²) >= 11 is 0. The lowest BCUT2D eigenvalue weighted by Gasteiger charge is -2.52. The number of methoxy groups -OCH3 is 2. The van der Waals surface area contributed by atoms with Crippen LogP contribution in [0.1, 0.15) is 121 Å². The molecule has 1 aromatic rings. The van der Waals surface area contributed by atoms with Crippen LogP contribution < -0.4 is 4.74 Å². The number of allylic oxidation sites excluding steroid dienone is 5. The Hall–Kier alpha value is -2.44. The van der Waals surface area contributed by atoms with Crippen molar-refractivity contribution in [3.8, 4) is 18.1 Å². The smallest absolute Gasteiger partial charge is 0.130 e. The van der Waals surface area contributed by atoms with Crippen molar-refractivity contribution < 1.29 is 14.6 Å². The summed E-state index contributed by atoms with van der Waals surface area (Å²) < 4.78 is 10.9. The van der Waals surface area contributed by atoms with Crippen LogP contribution >= 0.6 is 0 Å². The van der Waals surface area contributed by atoms with Crippen LogP contribution in [0, 0.1) is 52.8 Å². The molecule has 7 aliphatic carbocycles. The van der Waals surface area contributed by atoms with Gasteiger partial charge in [-0.2, -0.15) is 0 Å². The second-order valence-electron chi connectivity index (χ2n) is 16.1. The van der Waals surface area contributed by atoms with Crippen LogP contribution in [0.25, 0.3) is 0 Å². The average Bonchev–Trinajstić information content (AvgIpc) is 3.56. The van der Waals surface area contributed by atoms with E-state index in [1.807, 2.05) is 12.7 Å². The van der Waals surface area contributed by atoms with E-state index in [4.69, 9.17) is 15.9 Å². The first kappa shape index (κ1) is 31.2. The number of aliphatic hydroxyl groups is 1. The Balaban J connectivity index is 0.000000145.